The van der Waals surface area contributed by atoms with Crippen molar-refractivity contribution in [3.05, 3.63) is 47.0 Å². The van der Waals surface area contributed by atoms with Gasteiger partial charge in [-0.15, -0.1) is 0 Å². The van der Waals surface area contributed by atoms with Crippen LogP contribution in [0.2, 0.25) is 0 Å². The third kappa shape index (κ3) is 3.00. The zero-order chi connectivity index (χ0) is 10.6. The third-order valence-corrected chi connectivity index (χ3v) is 2.25. The van der Waals surface area contributed by atoms with Gasteiger partial charge in [0.2, 0.25) is 0 Å². The molecule has 0 saturated heterocycles. The van der Waals surface area contributed by atoms with Crippen LogP contribution in [-0.2, 0) is 0 Å². The van der Waals surface area contributed by atoms with Crippen molar-refractivity contribution in [2.75, 3.05) is 7.05 Å². The fourth-order valence-electron chi connectivity index (χ4n) is 1.45. The zero-order valence-corrected chi connectivity index (χ0v) is 9.46. The fourth-order valence-corrected chi connectivity index (χ4v) is 1.45. The average molecular weight is 189 g/mol. The van der Waals surface area contributed by atoms with E-state index in [2.05, 4.69) is 56.4 Å². The lowest BCUT2D eigenvalue weighted by atomic mass is 10.0. The lowest BCUT2D eigenvalue weighted by Crippen LogP contribution is -2.14. The van der Waals surface area contributed by atoms with Crippen LogP contribution in [0.25, 0.3) is 0 Å². The molecule has 1 unspecified atom stereocenters. The van der Waals surface area contributed by atoms with Crippen LogP contribution in [0.3, 0.4) is 0 Å². The molecule has 76 valence electrons. The van der Waals surface area contributed by atoms with Crippen molar-refractivity contribution in [3.8, 4) is 0 Å². The Labute approximate surface area is 86.8 Å². The minimum atomic E-state index is 0.334. The maximum atomic E-state index is 3.29. The molecule has 1 heteroatoms. The number of likely N-dealkylation sites (N-methyl/N-ethyl adjacent to an activating group) is 1. The van der Waals surface area contributed by atoms with Crippen LogP contribution in [0.5, 0.6) is 0 Å². The van der Waals surface area contributed by atoms with Gasteiger partial charge in [-0.1, -0.05) is 41.5 Å². The predicted molar refractivity (Wildman–Crippen MR) is 62.4 cm³/mol. The molecule has 0 aliphatic carbocycles. The minimum Gasteiger partial charge on any atom is -0.310 e. The van der Waals surface area contributed by atoms with Gasteiger partial charge in [0.05, 0.1) is 6.04 Å². The van der Waals surface area contributed by atoms with E-state index in [1.165, 1.54) is 16.7 Å². The molecule has 0 aromatic heterocycles. The lowest BCUT2D eigenvalue weighted by molar-refractivity contribution is 0.709. The van der Waals surface area contributed by atoms with Gasteiger partial charge in [0.15, 0.2) is 0 Å². The summed E-state index contributed by atoms with van der Waals surface area (Å²) in [4.78, 5) is 0. The number of allylic oxidation sites excluding steroid dienone is 1. The first-order valence-corrected chi connectivity index (χ1v) is 5.02. The Morgan fingerprint density at radius 1 is 1.21 bits per heavy atom. The summed E-state index contributed by atoms with van der Waals surface area (Å²) in [5, 5.41) is 3.29. The molecular formula is C13H19N. The van der Waals surface area contributed by atoms with Crippen molar-refractivity contribution in [2.24, 2.45) is 0 Å². The molecule has 0 heterocycles. The van der Waals surface area contributed by atoms with Crippen LogP contribution in [0.15, 0.2) is 35.9 Å². The van der Waals surface area contributed by atoms with Gasteiger partial charge in [-0.3, -0.25) is 0 Å². The van der Waals surface area contributed by atoms with E-state index in [4.69, 9.17) is 0 Å². The number of rotatable bonds is 3. The van der Waals surface area contributed by atoms with E-state index in [9.17, 15) is 0 Å². The van der Waals surface area contributed by atoms with E-state index in [0.717, 1.165) is 0 Å². The van der Waals surface area contributed by atoms with Gasteiger partial charge in [0, 0.05) is 0 Å². The normalized spacial score (nSPS) is 12.3. The number of hydrogen-bond acceptors (Lipinski definition) is 1. The summed E-state index contributed by atoms with van der Waals surface area (Å²) in [7, 11) is 1.99. The molecule has 1 N–H and O–H groups in total. The molecule has 0 bridgehead atoms. The smallest absolute Gasteiger partial charge is 0.0506 e. The van der Waals surface area contributed by atoms with Gasteiger partial charge in [0.1, 0.15) is 0 Å². The first-order valence-electron chi connectivity index (χ1n) is 5.02. The highest BCUT2D eigenvalue weighted by Gasteiger charge is 2.04. The van der Waals surface area contributed by atoms with Gasteiger partial charge < -0.3 is 5.32 Å². The highest BCUT2D eigenvalue weighted by Crippen LogP contribution is 2.16. The average Bonchev–Trinajstić information content (AvgIpc) is 2.15. The van der Waals surface area contributed by atoms with E-state index in [1.54, 1.807) is 0 Å². The third-order valence-electron chi connectivity index (χ3n) is 2.25. The molecule has 0 aliphatic heterocycles. The quantitative estimate of drug-likeness (QED) is 0.720. The molecule has 0 saturated carbocycles. The highest BCUT2D eigenvalue weighted by atomic mass is 14.9. The number of aryl methyl sites for hydroxylation is 1. The van der Waals surface area contributed by atoms with E-state index >= 15 is 0 Å². The molecule has 0 radical (unpaired) electrons. The summed E-state index contributed by atoms with van der Waals surface area (Å²) in [6.07, 6.45) is 2.24. The van der Waals surface area contributed by atoms with Crippen LogP contribution in [-0.4, -0.2) is 7.05 Å². The zero-order valence-electron chi connectivity index (χ0n) is 9.46. The predicted octanol–water partition coefficient (Wildman–Crippen LogP) is 3.22. The molecule has 1 rings (SSSR count). The van der Waals surface area contributed by atoms with E-state index < -0.39 is 0 Å². The van der Waals surface area contributed by atoms with Crippen LogP contribution in [0, 0.1) is 6.92 Å². The number of benzene rings is 1. The molecule has 1 atom stereocenters. The molecule has 1 nitrogen and oxygen atoms in total. The van der Waals surface area contributed by atoms with Crippen LogP contribution >= 0.6 is 0 Å². The van der Waals surface area contributed by atoms with Crippen LogP contribution < -0.4 is 5.32 Å². The van der Waals surface area contributed by atoms with Gasteiger partial charge in [-0.25, -0.2) is 0 Å². The Morgan fingerprint density at radius 3 is 2.21 bits per heavy atom. The highest BCUT2D eigenvalue weighted by molar-refractivity contribution is 5.27. The van der Waals surface area contributed by atoms with Gasteiger partial charge in [-0.05, 0) is 33.4 Å². The maximum Gasteiger partial charge on any atom is 0.0506 e. The van der Waals surface area contributed by atoms with Crippen molar-refractivity contribution >= 4 is 0 Å². The van der Waals surface area contributed by atoms with E-state index in [-0.39, 0.29) is 0 Å². The van der Waals surface area contributed by atoms with Gasteiger partial charge >= 0.3 is 0 Å². The number of nitrogens with one attached hydrogen (secondary N) is 1. The monoisotopic (exact) mass is 189 g/mol. The van der Waals surface area contributed by atoms with Crippen molar-refractivity contribution in [1.82, 2.24) is 5.32 Å². The fraction of sp³-hybridized carbons (Fsp3) is 0.385. The lowest BCUT2D eigenvalue weighted by Gasteiger charge is -2.13. The van der Waals surface area contributed by atoms with Crippen molar-refractivity contribution < 1.29 is 0 Å². The largest absolute Gasteiger partial charge is 0.310 e. The Balaban J connectivity index is 2.90. The van der Waals surface area contributed by atoms with E-state index in [1.807, 2.05) is 7.05 Å². The summed E-state index contributed by atoms with van der Waals surface area (Å²) in [6, 6.07) is 8.99. The second kappa shape index (κ2) is 4.97. The first kappa shape index (κ1) is 11.0. The Kier molecular flexibility index (Phi) is 3.90. The SMILES string of the molecule is CNC(C=C(C)C)c1ccc(C)cc1. The summed E-state index contributed by atoms with van der Waals surface area (Å²) in [6.45, 7) is 6.36. The molecule has 0 amide bonds. The Hall–Kier alpha value is -1.08. The summed E-state index contributed by atoms with van der Waals surface area (Å²) >= 11 is 0. The van der Waals surface area contributed by atoms with Crippen molar-refractivity contribution in [1.29, 1.82) is 0 Å². The van der Waals surface area contributed by atoms with Crippen LogP contribution in [0.1, 0.15) is 31.0 Å². The molecule has 0 spiro atoms. The summed E-state index contributed by atoms with van der Waals surface area (Å²) < 4.78 is 0. The van der Waals surface area contributed by atoms with Gasteiger partial charge in [0.25, 0.3) is 0 Å². The number of hydrogen-bond donors (Lipinski definition) is 1. The Morgan fingerprint density at radius 2 is 1.79 bits per heavy atom. The van der Waals surface area contributed by atoms with Crippen LogP contribution in [0.4, 0.5) is 0 Å². The standard InChI is InChI=1S/C13H19N/c1-10(2)9-13(14-4)12-7-5-11(3)6-8-12/h5-9,13-14H,1-4H3. The van der Waals surface area contributed by atoms with Crippen molar-refractivity contribution in [3.63, 3.8) is 0 Å². The Bertz CT molecular complexity index is 305. The van der Waals surface area contributed by atoms with Crippen molar-refractivity contribution in [2.45, 2.75) is 26.8 Å². The van der Waals surface area contributed by atoms with Gasteiger partial charge in [-0.2, -0.15) is 0 Å². The maximum absolute atomic E-state index is 3.29. The summed E-state index contributed by atoms with van der Waals surface area (Å²) in [5.74, 6) is 0. The molecule has 0 aliphatic rings. The molecular weight excluding hydrogens is 170 g/mol. The summed E-state index contributed by atoms with van der Waals surface area (Å²) in [5.41, 5.74) is 3.96. The molecule has 0 fully saturated rings. The second-order valence-electron chi connectivity index (χ2n) is 3.92. The minimum absolute atomic E-state index is 0.334. The second-order valence-corrected chi connectivity index (χ2v) is 3.92. The first-order chi connectivity index (χ1) is 6.63. The van der Waals surface area contributed by atoms with E-state index in [0.29, 0.717) is 6.04 Å². The topological polar surface area (TPSA) is 12.0 Å². The molecule has 1 aromatic rings. The molecule has 1 aromatic carbocycles. The molecule has 14 heavy (non-hydrogen) atoms.